The molecule has 120 valence electrons. The molecule has 23 heavy (non-hydrogen) atoms. The van der Waals surface area contributed by atoms with E-state index < -0.39 is 0 Å². The summed E-state index contributed by atoms with van der Waals surface area (Å²) in [6, 6.07) is 17.7. The van der Waals surface area contributed by atoms with Crippen molar-refractivity contribution in [2.45, 2.75) is 38.7 Å². The third-order valence-electron chi connectivity index (χ3n) is 4.33. The largest absolute Gasteiger partial charge is 0.489 e. The maximum atomic E-state index is 12.3. The van der Waals surface area contributed by atoms with Gasteiger partial charge in [0.05, 0.1) is 0 Å². The highest BCUT2D eigenvalue weighted by Crippen LogP contribution is 2.26. The molecule has 1 amide bonds. The summed E-state index contributed by atoms with van der Waals surface area (Å²) in [7, 11) is 0. The van der Waals surface area contributed by atoms with E-state index in [9.17, 15) is 4.79 Å². The predicted octanol–water partition coefficient (Wildman–Crippen LogP) is 4.78. The zero-order chi connectivity index (χ0) is 15.9. The number of nitrogens with one attached hydrogen (secondary N) is 1. The molecular weight excluding hydrogens is 286 g/mol. The number of hydrogen-bond donors (Lipinski definition) is 1. The third kappa shape index (κ3) is 4.59. The summed E-state index contributed by atoms with van der Waals surface area (Å²) in [6.45, 7) is 0.529. The molecule has 0 radical (unpaired) electrons. The maximum Gasteiger partial charge on any atom is 0.227 e. The normalized spacial score (nSPS) is 15.1. The fourth-order valence-corrected chi connectivity index (χ4v) is 3.01. The molecule has 1 aliphatic carbocycles. The van der Waals surface area contributed by atoms with Crippen molar-refractivity contribution in [3.05, 3.63) is 60.2 Å². The van der Waals surface area contributed by atoms with Gasteiger partial charge in [0.25, 0.3) is 0 Å². The average molecular weight is 309 g/mol. The van der Waals surface area contributed by atoms with Crippen molar-refractivity contribution in [2.24, 2.45) is 5.92 Å². The smallest absolute Gasteiger partial charge is 0.227 e. The van der Waals surface area contributed by atoms with Crippen LogP contribution in [-0.2, 0) is 11.4 Å². The molecule has 0 spiro atoms. The molecule has 3 nitrogen and oxygen atoms in total. The highest BCUT2D eigenvalue weighted by molar-refractivity contribution is 5.92. The second-order valence-corrected chi connectivity index (χ2v) is 6.13. The number of rotatable bonds is 5. The highest BCUT2D eigenvalue weighted by atomic mass is 16.5. The minimum atomic E-state index is 0.143. The summed E-state index contributed by atoms with van der Waals surface area (Å²) in [5.74, 6) is 1.08. The summed E-state index contributed by atoms with van der Waals surface area (Å²) in [5, 5.41) is 3.03. The van der Waals surface area contributed by atoms with E-state index in [1.807, 2.05) is 54.6 Å². The van der Waals surface area contributed by atoms with Gasteiger partial charge in [-0.05, 0) is 30.5 Å². The van der Waals surface area contributed by atoms with Gasteiger partial charge in [-0.3, -0.25) is 4.79 Å². The van der Waals surface area contributed by atoms with E-state index in [2.05, 4.69) is 5.32 Å². The lowest BCUT2D eigenvalue weighted by atomic mass is 9.88. The van der Waals surface area contributed by atoms with Crippen LogP contribution in [-0.4, -0.2) is 5.91 Å². The Bertz CT molecular complexity index is 633. The van der Waals surface area contributed by atoms with E-state index in [0.29, 0.717) is 6.61 Å². The summed E-state index contributed by atoms with van der Waals surface area (Å²) in [4.78, 5) is 12.3. The van der Waals surface area contributed by atoms with Crippen LogP contribution in [0.1, 0.15) is 37.7 Å². The van der Waals surface area contributed by atoms with Crippen molar-refractivity contribution in [1.82, 2.24) is 0 Å². The van der Waals surface area contributed by atoms with Crippen molar-refractivity contribution in [2.75, 3.05) is 5.32 Å². The molecule has 1 aliphatic rings. The van der Waals surface area contributed by atoms with Crippen molar-refractivity contribution in [1.29, 1.82) is 0 Å². The molecule has 0 atom stereocenters. The molecule has 0 aromatic heterocycles. The molecular formula is C20H23NO2. The van der Waals surface area contributed by atoms with Crippen molar-refractivity contribution >= 4 is 11.6 Å². The first-order valence-corrected chi connectivity index (χ1v) is 8.39. The lowest BCUT2D eigenvalue weighted by Crippen LogP contribution is -2.24. The average Bonchev–Trinajstić information content (AvgIpc) is 2.62. The Morgan fingerprint density at radius 3 is 2.57 bits per heavy atom. The van der Waals surface area contributed by atoms with Crippen LogP contribution >= 0.6 is 0 Å². The van der Waals surface area contributed by atoms with Gasteiger partial charge in [-0.15, -0.1) is 0 Å². The van der Waals surface area contributed by atoms with E-state index in [-0.39, 0.29) is 11.8 Å². The molecule has 0 unspecified atom stereocenters. The van der Waals surface area contributed by atoms with Crippen molar-refractivity contribution in [3.8, 4) is 5.75 Å². The quantitative estimate of drug-likeness (QED) is 0.863. The molecule has 1 N–H and O–H groups in total. The van der Waals surface area contributed by atoms with Gasteiger partial charge in [-0.2, -0.15) is 0 Å². The number of amides is 1. The zero-order valence-electron chi connectivity index (χ0n) is 13.3. The first kappa shape index (κ1) is 15.6. The standard InChI is InChI=1S/C20H23NO2/c22-20(17-10-5-2-6-11-17)21-18-12-7-13-19(14-18)23-15-16-8-3-1-4-9-16/h1,3-4,7-9,12-14,17H,2,5-6,10-11,15H2,(H,21,22). The topological polar surface area (TPSA) is 38.3 Å². The summed E-state index contributed by atoms with van der Waals surface area (Å²) < 4.78 is 5.81. The fourth-order valence-electron chi connectivity index (χ4n) is 3.01. The van der Waals surface area contributed by atoms with Gasteiger partial charge in [-0.1, -0.05) is 55.7 Å². The van der Waals surface area contributed by atoms with Crippen molar-refractivity contribution in [3.63, 3.8) is 0 Å². The Labute approximate surface area is 137 Å². The van der Waals surface area contributed by atoms with E-state index >= 15 is 0 Å². The van der Waals surface area contributed by atoms with Crippen LogP contribution in [0.4, 0.5) is 5.69 Å². The molecule has 2 aromatic rings. The third-order valence-corrected chi connectivity index (χ3v) is 4.33. The number of anilines is 1. The molecule has 1 fully saturated rings. The molecule has 3 rings (SSSR count). The van der Waals surface area contributed by atoms with Gasteiger partial charge >= 0.3 is 0 Å². The van der Waals surface area contributed by atoms with E-state index in [1.54, 1.807) is 0 Å². The number of carbonyl (C=O) groups is 1. The Morgan fingerprint density at radius 1 is 1.00 bits per heavy atom. The molecule has 3 heteroatoms. The number of carbonyl (C=O) groups excluding carboxylic acids is 1. The first-order valence-electron chi connectivity index (χ1n) is 8.39. The minimum absolute atomic E-state index is 0.143. The summed E-state index contributed by atoms with van der Waals surface area (Å²) in [6.07, 6.45) is 5.61. The molecule has 0 bridgehead atoms. The van der Waals surface area contributed by atoms with Crippen LogP contribution in [0.3, 0.4) is 0 Å². The Hall–Kier alpha value is -2.29. The predicted molar refractivity (Wildman–Crippen MR) is 92.4 cm³/mol. The molecule has 0 saturated heterocycles. The number of hydrogen-bond acceptors (Lipinski definition) is 2. The Morgan fingerprint density at radius 2 is 1.78 bits per heavy atom. The molecule has 0 heterocycles. The van der Waals surface area contributed by atoms with E-state index in [0.717, 1.165) is 42.7 Å². The van der Waals surface area contributed by atoms with Gasteiger partial charge < -0.3 is 10.1 Å². The first-order chi connectivity index (χ1) is 11.3. The zero-order valence-corrected chi connectivity index (χ0v) is 13.3. The van der Waals surface area contributed by atoms with Crippen LogP contribution in [0.2, 0.25) is 0 Å². The van der Waals surface area contributed by atoms with Crippen molar-refractivity contribution < 1.29 is 9.53 Å². The molecule has 1 saturated carbocycles. The van der Waals surface area contributed by atoms with Crippen LogP contribution < -0.4 is 10.1 Å². The SMILES string of the molecule is O=C(Nc1cccc(OCc2ccccc2)c1)C1CCCCC1. The number of benzene rings is 2. The monoisotopic (exact) mass is 309 g/mol. The highest BCUT2D eigenvalue weighted by Gasteiger charge is 2.21. The lowest BCUT2D eigenvalue weighted by molar-refractivity contribution is -0.120. The minimum Gasteiger partial charge on any atom is -0.489 e. The van der Waals surface area contributed by atoms with Crippen LogP contribution in [0.25, 0.3) is 0 Å². The van der Waals surface area contributed by atoms with E-state index in [1.165, 1.54) is 6.42 Å². The van der Waals surface area contributed by atoms with Crippen LogP contribution in [0.5, 0.6) is 5.75 Å². The lowest BCUT2D eigenvalue weighted by Gasteiger charge is -2.20. The van der Waals surface area contributed by atoms with Gasteiger partial charge in [-0.25, -0.2) is 0 Å². The van der Waals surface area contributed by atoms with Gasteiger partial charge in [0.15, 0.2) is 0 Å². The van der Waals surface area contributed by atoms with Crippen LogP contribution in [0, 0.1) is 5.92 Å². The second kappa shape index (κ2) is 7.82. The van der Waals surface area contributed by atoms with E-state index in [4.69, 9.17) is 4.74 Å². The maximum absolute atomic E-state index is 12.3. The Balaban J connectivity index is 1.57. The Kier molecular flexibility index (Phi) is 5.30. The van der Waals surface area contributed by atoms with Gasteiger partial charge in [0.2, 0.25) is 5.91 Å². The molecule has 0 aliphatic heterocycles. The second-order valence-electron chi connectivity index (χ2n) is 6.13. The molecule has 2 aromatic carbocycles. The summed E-state index contributed by atoms with van der Waals surface area (Å²) in [5.41, 5.74) is 1.94. The summed E-state index contributed by atoms with van der Waals surface area (Å²) >= 11 is 0. The van der Waals surface area contributed by atoms with Gasteiger partial charge in [0.1, 0.15) is 12.4 Å². The fraction of sp³-hybridized carbons (Fsp3) is 0.350. The van der Waals surface area contributed by atoms with Gasteiger partial charge in [0, 0.05) is 17.7 Å². The van der Waals surface area contributed by atoms with Crippen LogP contribution in [0.15, 0.2) is 54.6 Å². The number of ether oxygens (including phenoxy) is 1.